The lowest BCUT2D eigenvalue weighted by Crippen LogP contribution is -2.42. The van der Waals surface area contributed by atoms with Gasteiger partial charge in [-0.2, -0.15) is 5.26 Å². The van der Waals surface area contributed by atoms with Crippen LogP contribution in [0.2, 0.25) is 0 Å². The lowest BCUT2D eigenvalue weighted by Gasteiger charge is -2.31. The molecule has 0 aliphatic heterocycles. The van der Waals surface area contributed by atoms with Crippen molar-refractivity contribution < 1.29 is 4.79 Å². The summed E-state index contributed by atoms with van der Waals surface area (Å²) in [7, 11) is 0. The maximum Gasteiger partial charge on any atom is 0.255 e. The Bertz CT molecular complexity index is 436. The van der Waals surface area contributed by atoms with E-state index in [0.29, 0.717) is 11.1 Å². The van der Waals surface area contributed by atoms with Crippen molar-refractivity contribution in [2.45, 2.75) is 39.8 Å². The highest BCUT2D eigenvalue weighted by Crippen LogP contribution is 2.15. The third-order valence-corrected chi connectivity index (χ3v) is 2.63. The highest BCUT2D eigenvalue weighted by atomic mass is 16.2. The van der Waals surface area contributed by atoms with Gasteiger partial charge in [-0.25, -0.2) is 0 Å². The van der Waals surface area contributed by atoms with Gasteiger partial charge in [0.15, 0.2) is 0 Å². The van der Waals surface area contributed by atoms with Gasteiger partial charge in [-0.15, -0.1) is 0 Å². The van der Waals surface area contributed by atoms with Gasteiger partial charge >= 0.3 is 0 Å². The van der Waals surface area contributed by atoms with Crippen LogP contribution in [0.25, 0.3) is 0 Å². The van der Waals surface area contributed by atoms with Crippen LogP contribution in [0.15, 0.2) is 24.3 Å². The number of hydrogen-bond donors (Lipinski definition) is 0. The number of hydrogen-bond acceptors (Lipinski definition) is 2. The molecule has 1 aromatic rings. The molecule has 0 heterocycles. The van der Waals surface area contributed by atoms with Gasteiger partial charge in [0.05, 0.1) is 17.2 Å². The average Bonchev–Trinajstić information content (AvgIpc) is 2.27. The van der Waals surface area contributed by atoms with Crippen LogP contribution in [-0.4, -0.2) is 22.9 Å². The molecule has 0 atom stereocenters. The van der Waals surface area contributed by atoms with E-state index in [2.05, 4.69) is 6.07 Å². The molecule has 3 nitrogen and oxygen atoms in total. The minimum absolute atomic E-state index is 0.0767. The zero-order chi connectivity index (χ0) is 13.0. The van der Waals surface area contributed by atoms with E-state index < -0.39 is 0 Å². The van der Waals surface area contributed by atoms with Crippen molar-refractivity contribution in [2.24, 2.45) is 0 Å². The molecule has 0 spiro atoms. The average molecular weight is 230 g/mol. The van der Waals surface area contributed by atoms with Crippen LogP contribution in [0.5, 0.6) is 0 Å². The molecule has 1 amide bonds. The Kier molecular flexibility index (Phi) is 4.28. The summed E-state index contributed by atoms with van der Waals surface area (Å²) in [6, 6.07) is 9.23. The first-order chi connectivity index (χ1) is 7.99. The molecule has 0 N–H and O–H groups in total. The van der Waals surface area contributed by atoms with E-state index in [1.807, 2.05) is 27.7 Å². The normalized spacial score (nSPS) is 10.4. The topological polar surface area (TPSA) is 44.1 Å². The fraction of sp³-hybridized carbons (Fsp3) is 0.429. The summed E-state index contributed by atoms with van der Waals surface area (Å²) in [6.07, 6.45) is 0. The molecule has 0 saturated heterocycles. The Labute approximate surface area is 103 Å². The zero-order valence-corrected chi connectivity index (χ0v) is 10.8. The van der Waals surface area contributed by atoms with Crippen molar-refractivity contribution in [3.8, 4) is 6.07 Å². The molecule has 0 saturated carbocycles. The summed E-state index contributed by atoms with van der Waals surface area (Å²) in [5.74, 6) is -0.0767. The highest BCUT2D eigenvalue weighted by Gasteiger charge is 2.23. The minimum Gasteiger partial charge on any atom is -0.334 e. The van der Waals surface area contributed by atoms with Crippen LogP contribution in [0.1, 0.15) is 43.6 Å². The molecular formula is C14H18N2O. The van der Waals surface area contributed by atoms with Crippen molar-refractivity contribution in [3.05, 3.63) is 35.4 Å². The number of carbonyl (C=O) groups is 1. The van der Waals surface area contributed by atoms with E-state index >= 15 is 0 Å². The molecule has 1 rings (SSSR count). The Morgan fingerprint density at radius 2 is 1.71 bits per heavy atom. The van der Waals surface area contributed by atoms with Crippen LogP contribution in [0.4, 0.5) is 0 Å². The van der Waals surface area contributed by atoms with E-state index in [9.17, 15) is 4.79 Å². The third kappa shape index (κ3) is 2.85. The number of amides is 1. The van der Waals surface area contributed by atoms with Gasteiger partial charge in [-0.1, -0.05) is 12.1 Å². The second kappa shape index (κ2) is 5.49. The lowest BCUT2D eigenvalue weighted by atomic mass is 10.1. The summed E-state index contributed by atoms with van der Waals surface area (Å²) >= 11 is 0. The largest absolute Gasteiger partial charge is 0.334 e. The third-order valence-electron chi connectivity index (χ3n) is 2.63. The van der Waals surface area contributed by atoms with Crippen molar-refractivity contribution in [3.63, 3.8) is 0 Å². The summed E-state index contributed by atoms with van der Waals surface area (Å²) < 4.78 is 0. The van der Waals surface area contributed by atoms with Gasteiger partial charge in [0.25, 0.3) is 5.91 Å². The predicted octanol–water partition coefficient (Wildman–Crippen LogP) is 2.82. The SMILES string of the molecule is CC(C)N(C(=O)c1ccccc1C#N)C(C)C. The van der Waals surface area contributed by atoms with E-state index in [0.717, 1.165) is 0 Å². The number of nitrogens with zero attached hydrogens (tertiary/aromatic N) is 2. The van der Waals surface area contributed by atoms with Crippen LogP contribution in [0, 0.1) is 11.3 Å². The van der Waals surface area contributed by atoms with Gasteiger partial charge in [0.1, 0.15) is 0 Å². The molecule has 0 aliphatic rings. The second-order valence-corrected chi connectivity index (χ2v) is 4.56. The van der Waals surface area contributed by atoms with Crippen LogP contribution < -0.4 is 0 Å². The Hall–Kier alpha value is -1.82. The highest BCUT2D eigenvalue weighted by molar-refractivity contribution is 5.96. The van der Waals surface area contributed by atoms with Crippen molar-refractivity contribution in [1.82, 2.24) is 4.90 Å². The molecule has 0 aliphatic carbocycles. The summed E-state index contributed by atoms with van der Waals surface area (Å²) in [6.45, 7) is 7.92. The van der Waals surface area contributed by atoms with Gasteiger partial charge in [-0.05, 0) is 39.8 Å². The first kappa shape index (κ1) is 13.2. The van der Waals surface area contributed by atoms with Crippen LogP contribution >= 0.6 is 0 Å². The molecule has 0 aromatic heterocycles. The quantitative estimate of drug-likeness (QED) is 0.801. The summed E-state index contributed by atoms with van der Waals surface area (Å²) in [4.78, 5) is 14.2. The molecule has 90 valence electrons. The monoisotopic (exact) mass is 230 g/mol. The van der Waals surface area contributed by atoms with E-state index in [-0.39, 0.29) is 18.0 Å². The zero-order valence-electron chi connectivity index (χ0n) is 10.8. The molecule has 1 aromatic carbocycles. The predicted molar refractivity (Wildman–Crippen MR) is 67.6 cm³/mol. The van der Waals surface area contributed by atoms with Crippen LogP contribution in [0.3, 0.4) is 0 Å². The number of rotatable bonds is 3. The first-order valence-electron chi connectivity index (χ1n) is 5.80. The summed E-state index contributed by atoms with van der Waals surface area (Å²) in [5.41, 5.74) is 0.918. The van der Waals surface area contributed by atoms with Crippen LogP contribution in [-0.2, 0) is 0 Å². The van der Waals surface area contributed by atoms with Gasteiger partial charge in [-0.3, -0.25) is 4.79 Å². The molecule has 3 heteroatoms. The number of nitriles is 1. The number of benzene rings is 1. The van der Waals surface area contributed by atoms with E-state index in [1.165, 1.54) is 0 Å². The number of carbonyl (C=O) groups excluding carboxylic acids is 1. The standard InChI is InChI=1S/C14H18N2O/c1-10(2)16(11(3)4)14(17)13-8-6-5-7-12(13)9-15/h5-8,10-11H,1-4H3. The lowest BCUT2D eigenvalue weighted by molar-refractivity contribution is 0.0643. The smallest absolute Gasteiger partial charge is 0.255 e. The molecule has 0 radical (unpaired) electrons. The van der Waals surface area contributed by atoms with Gasteiger partial charge < -0.3 is 4.90 Å². The first-order valence-corrected chi connectivity index (χ1v) is 5.80. The maximum absolute atomic E-state index is 12.4. The van der Waals surface area contributed by atoms with Crippen molar-refractivity contribution in [1.29, 1.82) is 5.26 Å². The molecular weight excluding hydrogens is 212 g/mol. The van der Waals surface area contributed by atoms with Gasteiger partial charge in [0, 0.05) is 12.1 Å². The molecule has 0 unspecified atom stereocenters. The fourth-order valence-electron chi connectivity index (χ4n) is 1.97. The van der Waals surface area contributed by atoms with Crippen molar-refractivity contribution >= 4 is 5.91 Å². The Morgan fingerprint density at radius 3 is 2.18 bits per heavy atom. The Morgan fingerprint density at radius 1 is 1.18 bits per heavy atom. The molecule has 17 heavy (non-hydrogen) atoms. The fourth-order valence-corrected chi connectivity index (χ4v) is 1.97. The summed E-state index contributed by atoms with van der Waals surface area (Å²) in [5, 5.41) is 9.01. The Balaban J connectivity index is 3.15. The maximum atomic E-state index is 12.4. The molecule has 0 bridgehead atoms. The van der Waals surface area contributed by atoms with Crippen molar-refractivity contribution in [2.75, 3.05) is 0 Å². The molecule has 0 fully saturated rings. The van der Waals surface area contributed by atoms with Gasteiger partial charge in [0.2, 0.25) is 0 Å². The minimum atomic E-state index is -0.0767. The van der Waals surface area contributed by atoms with E-state index in [1.54, 1.807) is 29.2 Å². The van der Waals surface area contributed by atoms with E-state index in [4.69, 9.17) is 5.26 Å². The second-order valence-electron chi connectivity index (χ2n) is 4.56.